The van der Waals surface area contributed by atoms with Crippen molar-refractivity contribution >= 4 is 5.82 Å². The van der Waals surface area contributed by atoms with Crippen LogP contribution in [0.4, 0.5) is 5.82 Å². The Kier molecular flexibility index (Phi) is 4.40. The largest absolute Gasteiger partial charge is 0.366 e. The van der Waals surface area contributed by atoms with Gasteiger partial charge in [0, 0.05) is 24.8 Å². The van der Waals surface area contributed by atoms with E-state index in [0.29, 0.717) is 6.04 Å². The molecular formula is C15H21N3. The molecule has 18 heavy (non-hydrogen) atoms. The van der Waals surface area contributed by atoms with Crippen molar-refractivity contribution in [3.05, 3.63) is 48.2 Å². The van der Waals surface area contributed by atoms with E-state index >= 15 is 0 Å². The van der Waals surface area contributed by atoms with Gasteiger partial charge in [0.2, 0.25) is 0 Å². The van der Waals surface area contributed by atoms with Crippen LogP contribution in [0.2, 0.25) is 0 Å². The number of aryl methyl sites for hydroxylation is 1. The van der Waals surface area contributed by atoms with Gasteiger partial charge in [-0.05, 0) is 25.3 Å². The fraction of sp³-hybridized carbons (Fsp3) is 0.400. The summed E-state index contributed by atoms with van der Waals surface area (Å²) in [5, 5.41) is 7.96. The first-order chi connectivity index (χ1) is 8.81. The molecule has 0 spiro atoms. The SMILES string of the molecule is CCC(Cc1ccccc1)Nc1ccn(CC)n1. The van der Waals surface area contributed by atoms with Crippen molar-refractivity contribution in [2.45, 2.75) is 39.3 Å². The van der Waals surface area contributed by atoms with Crippen LogP contribution in [0.25, 0.3) is 0 Å². The van der Waals surface area contributed by atoms with Crippen LogP contribution in [0.1, 0.15) is 25.8 Å². The summed E-state index contributed by atoms with van der Waals surface area (Å²) in [6.45, 7) is 5.21. The Balaban J connectivity index is 1.97. The van der Waals surface area contributed by atoms with E-state index in [1.807, 2.05) is 16.9 Å². The van der Waals surface area contributed by atoms with Gasteiger partial charge in [-0.3, -0.25) is 4.68 Å². The Morgan fingerprint density at radius 2 is 1.94 bits per heavy atom. The van der Waals surface area contributed by atoms with Crippen molar-refractivity contribution in [3.63, 3.8) is 0 Å². The molecule has 3 nitrogen and oxygen atoms in total. The lowest BCUT2D eigenvalue weighted by molar-refractivity contribution is 0.647. The fourth-order valence-corrected chi connectivity index (χ4v) is 2.02. The molecule has 0 amide bonds. The average molecular weight is 243 g/mol. The summed E-state index contributed by atoms with van der Waals surface area (Å²) in [5.74, 6) is 0.972. The van der Waals surface area contributed by atoms with E-state index in [1.165, 1.54) is 5.56 Å². The first kappa shape index (κ1) is 12.7. The van der Waals surface area contributed by atoms with Crippen molar-refractivity contribution < 1.29 is 0 Å². The molecule has 0 aliphatic heterocycles. The summed E-state index contributed by atoms with van der Waals surface area (Å²) >= 11 is 0. The highest BCUT2D eigenvalue weighted by molar-refractivity contribution is 5.34. The van der Waals surface area contributed by atoms with E-state index in [9.17, 15) is 0 Å². The van der Waals surface area contributed by atoms with Gasteiger partial charge in [-0.15, -0.1) is 0 Å². The molecule has 0 saturated heterocycles. The zero-order chi connectivity index (χ0) is 12.8. The Bertz CT molecular complexity index is 462. The molecule has 0 aliphatic carbocycles. The van der Waals surface area contributed by atoms with Crippen LogP contribution >= 0.6 is 0 Å². The number of aromatic nitrogens is 2. The van der Waals surface area contributed by atoms with Gasteiger partial charge in [-0.1, -0.05) is 37.3 Å². The van der Waals surface area contributed by atoms with Gasteiger partial charge in [-0.2, -0.15) is 5.10 Å². The van der Waals surface area contributed by atoms with E-state index in [0.717, 1.165) is 25.2 Å². The molecular weight excluding hydrogens is 222 g/mol. The zero-order valence-corrected chi connectivity index (χ0v) is 11.1. The van der Waals surface area contributed by atoms with Crippen LogP contribution in [-0.2, 0) is 13.0 Å². The molecule has 0 radical (unpaired) electrons. The predicted molar refractivity (Wildman–Crippen MR) is 75.7 cm³/mol. The van der Waals surface area contributed by atoms with Crippen LogP contribution in [0, 0.1) is 0 Å². The number of benzene rings is 1. The molecule has 2 aromatic rings. The predicted octanol–water partition coefficient (Wildman–Crippen LogP) is 3.34. The number of nitrogens with one attached hydrogen (secondary N) is 1. The summed E-state index contributed by atoms with van der Waals surface area (Å²) in [5.41, 5.74) is 1.37. The maximum Gasteiger partial charge on any atom is 0.148 e. The van der Waals surface area contributed by atoms with E-state index in [4.69, 9.17) is 0 Å². The second-order valence-electron chi connectivity index (χ2n) is 4.50. The second kappa shape index (κ2) is 6.24. The minimum Gasteiger partial charge on any atom is -0.366 e. The molecule has 1 unspecified atom stereocenters. The van der Waals surface area contributed by atoms with Crippen LogP contribution in [0.5, 0.6) is 0 Å². The third kappa shape index (κ3) is 3.36. The summed E-state index contributed by atoms with van der Waals surface area (Å²) in [4.78, 5) is 0. The van der Waals surface area contributed by atoms with Crippen molar-refractivity contribution in [2.24, 2.45) is 0 Å². The summed E-state index contributed by atoms with van der Waals surface area (Å²) in [6, 6.07) is 13.1. The van der Waals surface area contributed by atoms with Crippen molar-refractivity contribution in [1.29, 1.82) is 0 Å². The lowest BCUT2D eigenvalue weighted by Crippen LogP contribution is -2.21. The molecule has 1 heterocycles. The van der Waals surface area contributed by atoms with Crippen molar-refractivity contribution in [2.75, 3.05) is 5.32 Å². The molecule has 2 rings (SSSR count). The minimum atomic E-state index is 0.438. The lowest BCUT2D eigenvalue weighted by Gasteiger charge is -2.16. The van der Waals surface area contributed by atoms with Crippen molar-refractivity contribution in [1.82, 2.24) is 9.78 Å². The van der Waals surface area contributed by atoms with Gasteiger partial charge in [0.1, 0.15) is 5.82 Å². The van der Waals surface area contributed by atoms with E-state index in [2.05, 4.69) is 54.6 Å². The van der Waals surface area contributed by atoms with Gasteiger partial charge < -0.3 is 5.32 Å². The fourth-order valence-electron chi connectivity index (χ4n) is 2.02. The van der Waals surface area contributed by atoms with Gasteiger partial charge in [-0.25, -0.2) is 0 Å². The highest BCUT2D eigenvalue weighted by Gasteiger charge is 2.08. The first-order valence-electron chi connectivity index (χ1n) is 6.65. The highest BCUT2D eigenvalue weighted by atomic mass is 15.3. The standard InChI is InChI=1S/C15H21N3/c1-3-14(12-13-8-6-5-7-9-13)16-15-10-11-18(4-2)17-15/h5-11,14H,3-4,12H2,1-2H3,(H,16,17). The first-order valence-corrected chi connectivity index (χ1v) is 6.65. The van der Waals surface area contributed by atoms with Crippen LogP contribution < -0.4 is 5.32 Å². The molecule has 1 aromatic heterocycles. The smallest absolute Gasteiger partial charge is 0.148 e. The number of rotatable bonds is 6. The van der Waals surface area contributed by atoms with Gasteiger partial charge in [0.05, 0.1) is 0 Å². The van der Waals surface area contributed by atoms with E-state index < -0.39 is 0 Å². The molecule has 96 valence electrons. The molecule has 0 bridgehead atoms. The summed E-state index contributed by atoms with van der Waals surface area (Å²) in [6.07, 6.45) is 4.14. The Morgan fingerprint density at radius 3 is 2.56 bits per heavy atom. The third-order valence-electron chi connectivity index (χ3n) is 3.13. The Labute approximate surface area is 109 Å². The lowest BCUT2D eigenvalue weighted by atomic mass is 10.0. The number of hydrogen-bond donors (Lipinski definition) is 1. The third-order valence-corrected chi connectivity index (χ3v) is 3.13. The summed E-state index contributed by atoms with van der Waals surface area (Å²) in [7, 11) is 0. The van der Waals surface area contributed by atoms with E-state index in [1.54, 1.807) is 0 Å². The van der Waals surface area contributed by atoms with E-state index in [-0.39, 0.29) is 0 Å². The topological polar surface area (TPSA) is 29.9 Å². The van der Waals surface area contributed by atoms with Gasteiger partial charge in [0.15, 0.2) is 0 Å². The molecule has 1 aromatic carbocycles. The minimum absolute atomic E-state index is 0.438. The van der Waals surface area contributed by atoms with Gasteiger partial charge in [0.25, 0.3) is 0 Å². The average Bonchev–Trinajstić information content (AvgIpc) is 2.87. The Hall–Kier alpha value is -1.77. The molecule has 0 saturated carbocycles. The van der Waals surface area contributed by atoms with Crippen molar-refractivity contribution in [3.8, 4) is 0 Å². The van der Waals surface area contributed by atoms with Crippen LogP contribution in [0.3, 0.4) is 0 Å². The Morgan fingerprint density at radius 1 is 1.17 bits per heavy atom. The summed E-state index contributed by atoms with van der Waals surface area (Å²) < 4.78 is 1.94. The molecule has 0 fully saturated rings. The number of anilines is 1. The molecule has 1 atom stereocenters. The number of hydrogen-bond acceptors (Lipinski definition) is 2. The maximum atomic E-state index is 4.46. The second-order valence-corrected chi connectivity index (χ2v) is 4.50. The monoisotopic (exact) mass is 243 g/mol. The maximum absolute atomic E-state index is 4.46. The normalized spacial score (nSPS) is 12.3. The van der Waals surface area contributed by atoms with Crippen LogP contribution in [-0.4, -0.2) is 15.8 Å². The zero-order valence-electron chi connectivity index (χ0n) is 11.1. The van der Waals surface area contributed by atoms with Gasteiger partial charge >= 0.3 is 0 Å². The molecule has 3 heteroatoms. The van der Waals surface area contributed by atoms with Crippen LogP contribution in [0.15, 0.2) is 42.6 Å². The highest BCUT2D eigenvalue weighted by Crippen LogP contribution is 2.11. The molecule has 1 N–H and O–H groups in total. The quantitative estimate of drug-likeness (QED) is 0.843. The molecule has 0 aliphatic rings. The number of nitrogens with zero attached hydrogens (tertiary/aromatic N) is 2.